The summed E-state index contributed by atoms with van der Waals surface area (Å²) in [5, 5.41) is 2.99. The zero-order chi connectivity index (χ0) is 18.6. The molecule has 0 aliphatic carbocycles. The average molecular weight is 370 g/mol. The lowest BCUT2D eigenvalue weighted by Crippen LogP contribution is -2.46. The number of carbonyl (C=O) groups is 1. The van der Waals surface area contributed by atoms with Gasteiger partial charge in [0.25, 0.3) is 0 Å². The van der Waals surface area contributed by atoms with Crippen LogP contribution in [0, 0.1) is 17.7 Å². The van der Waals surface area contributed by atoms with Crippen LogP contribution in [-0.4, -0.2) is 37.8 Å². The van der Waals surface area contributed by atoms with Crippen LogP contribution in [-0.2, 0) is 20.6 Å². The highest BCUT2D eigenvalue weighted by atomic mass is 32.2. The Hall–Kier alpha value is -1.47. The quantitative estimate of drug-likeness (QED) is 0.837. The van der Waals surface area contributed by atoms with Crippen LogP contribution in [0.15, 0.2) is 24.3 Å². The standard InChI is InChI=1S/C18H27FN2O3S/c1-13(2)14(3)20-18(22)15-8-10-21(11-9-15)25(23,24)12-16-6-4-5-7-17(16)19/h4-7,13-15H,8-12H2,1-3H3,(H,20,22)/t14-/m0/s1. The Morgan fingerprint density at radius 2 is 1.84 bits per heavy atom. The van der Waals surface area contributed by atoms with Crippen molar-refractivity contribution in [3.05, 3.63) is 35.6 Å². The van der Waals surface area contributed by atoms with Crippen molar-refractivity contribution < 1.29 is 17.6 Å². The molecule has 5 nitrogen and oxygen atoms in total. The molecule has 1 aromatic carbocycles. The molecule has 0 saturated carbocycles. The zero-order valence-electron chi connectivity index (χ0n) is 15.0. The van der Waals surface area contributed by atoms with Crippen LogP contribution in [0.1, 0.15) is 39.2 Å². The second-order valence-corrected chi connectivity index (χ2v) is 9.03. The topological polar surface area (TPSA) is 66.5 Å². The molecular weight excluding hydrogens is 343 g/mol. The third-order valence-corrected chi connectivity index (χ3v) is 6.71. The molecule has 7 heteroatoms. The number of nitrogens with one attached hydrogen (secondary N) is 1. The summed E-state index contributed by atoms with van der Waals surface area (Å²) < 4.78 is 40.1. The van der Waals surface area contributed by atoms with E-state index in [4.69, 9.17) is 0 Å². The van der Waals surface area contributed by atoms with E-state index in [0.717, 1.165) is 0 Å². The molecule has 1 N–H and O–H groups in total. The number of nitrogens with zero attached hydrogens (tertiary/aromatic N) is 1. The molecule has 1 heterocycles. The summed E-state index contributed by atoms with van der Waals surface area (Å²) in [4.78, 5) is 12.3. The first-order valence-corrected chi connectivity index (χ1v) is 10.3. The first-order chi connectivity index (χ1) is 11.7. The maximum absolute atomic E-state index is 13.7. The van der Waals surface area contributed by atoms with E-state index in [1.165, 1.54) is 22.5 Å². The molecular formula is C18H27FN2O3S. The first-order valence-electron chi connectivity index (χ1n) is 8.72. The van der Waals surface area contributed by atoms with Gasteiger partial charge in [0.2, 0.25) is 15.9 Å². The number of piperidine rings is 1. The van der Waals surface area contributed by atoms with Gasteiger partial charge >= 0.3 is 0 Å². The summed E-state index contributed by atoms with van der Waals surface area (Å²) in [6.07, 6.45) is 0.986. The van der Waals surface area contributed by atoms with Gasteiger partial charge < -0.3 is 5.32 Å². The monoisotopic (exact) mass is 370 g/mol. The second-order valence-electron chi connectivity index (χ2n) is 7.06. The predicted octanol–water partition coefficient (Wildman–Crippen LogP) is 2.53. The molecule has 1 aliphatic rings. The molecule has 0 aromatic heterocycles. The maximum Gasteiger partial charge on any atom is 0.223 e. The summed E-state index contributed by atoms with van der Waals surface area (Å²) in [6.45, 7) is 6.65. The van der Waals surface area contributed by atoms with E-state index >= 15 is 0 Å². The largest absolute Gasteiger partial charge is 0.353 e. The van der Waals surface area contributed by atoms with E-state index < -0.39 is 15.8 Å². The molecule has 0 bridgehead atoms. The highest BCUT2D eigenvalue weighted by molar-refractivity contribution is 7.88. The summed E-state index contributed by atoms with van der Waals surface area (Å²) in [5.41, 5.74) is 0.174. The predicted molar refractivity (Wildman–Crippen MR) is 95.8 cm³/mol. The lowest BCUT2D eigenvalue weighted by Gasteiger charge is -2.31. The number of amides is 1. The van der Waals surface area contributed by atoms with Crippen molar-refractivity contribution in [1.29, 1.82) is 0 Å². The van der Waals surface area contributed by atoms with Crippen LogP contribution >= 0.6 is 0 Å². The number of rotatable bonds is 6. The number of hydrogen-bond donors (Lipinski definition) is 1. The van der Waals surface area contributed by atoms with Gasteiger partial charge in [-0.15, -0.1) is 0 Å². The highest BCUT2D eigenvalue weighted by Gasteiger charge is 2.32. The minimum Gasteiger partial charge on any atom is -0.353 e. The molecule has 140 valence electrons. The van der Waals surface area contributed by atoms with E-state index in [1.807, 2.05) is 20.8 Å². The van der Waals surface area contributed by atoms with Gasteiger partial charge in [-0.25, -0.2) is 17.1 Å². The summed E-state index contributed by atoms with van der Waals surface area (Å²) in [6, 6.07) is 6.00. The van der Waals surface area contributed by atoms with E-state index in [-0.39, 0.29) is 29.2 Å². The molecule has 1 aliphatic heterocycles. The molecule has 25 heavy (non-hydrogen) atoms. The van der Waals surface area contributed by atoms with Crippen LogP contribution in [0.25, 0.3) is 0 Å². The lowest BCUT2D eigenvalue weighted by molar-refractivity contribution is -0.127. The van der Waals surface area contributed by atoms with E-state index in [1.54, 1.807) is 6.07 Å². The van der Waals surface area contributed by atoms with Gasteiger partial charge in [-0.05, 0) is 31.7 Å². The number of carbonyl (C=O) groups excluding carboxylic acids is 1. The Morgan fingerprint density at radius 1 is 1.24 bits per heavy atom. The Balaban J connectivity index is 1.92. The molecule has 0 spiro atoms. The third-order valence-electron chi connectivity index (χ3n) is 4.88. The average Bonchev–Trinajstić information content (AvgIpc) is 2.56. The van der Waals surface area contributed by atoms with Gasteiger partial charge in [-0.3, -0.25) is 4.79 Å². The summed E-state index contributed by atoms with van der Waals surface area (Å²) in [5.74, 6) is -0.678. The van der Waals surface area contributed by atoms with Crippen molar-refractivity contribution >= 4 is 15.9 Å². The van der Waals surface area contributed by atoms with Crippen molar-refractivity contribution in [3.8, 4) is 0 Å². The third kappa shape index (κ3) is 5.25. The molecule has 2 rings (SSSR count). The maximum atomic E-state index is 13.7. The molecule has 1 amide bonds. The van der Waals surface area contributed by atoms with Gasteiger partial charge in [-0.2, -0.15) is 0 Å². The van der Waals surface area contributed by atoms with E-state index in [0.29, 0.717) is 31.8 Å². The van der Waals surface area contributed by atoms with Crippen LogP contribution in [0.2, 0.25) is 0 Å². The molecule has 1 fully saturated rings. The minimum atomic E-state index is -3.58. The van der Waals surface area contributed by atoms with Gasteiger partial charge in [0.1, 0.15) is 5.82 Å². The Kier molecular flexibility index (Phi) is 6.57. The van der Waals surface area contributed by atoms with Crippen molar-refractivity contribution in [2.24, 2.45) is 11.8 Å². The van der Waals surface area contributed by atoms with Gasteiger partial charge in [-0.1, -0.05) is 32.0 Å². The SMILES string of the molecule is CC(C)[C@H](C)NC(=O)C1CCN(S(=O)(=O)Cc2ccccc2F)CC1. The number of sulfonamides is 1. The number of benzene rings is 1. The van der Waals surface area contributed by atoms with Crippen LogP contribution in [0.3, 0.4) is 0 Å². The van der Waals surface area contributed by atoms with Crippen molar-refractivity contribution in [2.45, 2.75) is 45.4 Å². The summed E-state index contributed by atoms with van der Waals surface area (Å²) in [7, 11) is -3.58. The van der Waals surface area contributed by atoms with Gasteiger partial charge in [0.05, 0.1) is 5.75 Å². The lowest BCUT2D eigenvalue weighted by atomic mass is 9.96. The normalized spacial score (nSPS) is 18.3. The fourth-order valence-corrected chi connectivity index (χ4v) is 4.39. The number of hydrogen-bond acceptors (Lipinski definition) is 3. The van der Waals surface area contributed by atoms with Crippen LogP contribution in [0.5, 0.6) is 0 Å². The van der Waals surface area contributed by atoms with Crippen molar-refractivity contribution in [3.63, 3.8) is 0 Å². The van der Waals surface area contributed by atoms with Gasteiger partial charge in [0.15, 0.2) is 0 Å². The molecule has 1 atom stereocenters. The van der Waals surface area contributed by atoms with Crippen LogP contribution < -0.4 is 5.32 Å². The van der Waals surface area contributed by atoms with E-state index in [9.17, 15) is 17.6 Å². The molecule has 1 saturated heterocycles. The number of halogens is 1. The fourth-order valence-electron chi connectivity index (χ4n) is 2.81. The Labute approximate surface area is 149 Å². The van der Waals surface area contributed by atoms with Gasteiger partial charge in [0, 0.05) is 30.6 Å². The molecule has 0 radical (unpaired) electrons. The zero-order valence-corrected chi connectivity index (χ0v) is 15.9. The highest BCUT2D eigenvalue weighted by Crippen LogP contribution is 2.23. The summed E-state index contributed by atoms with van der Waals surface area (Å²) >= 11 is 0. The second kappa shape index (κ2) is 8.27. The fraction of sp³-hybridized carbons (Fsp3) is 0.611. The molecule has 0 unspecified atom stereocenters. The first kappa shape index (κ1) is 19.8. The Bertz CT molecular complexity index is 698. The van der Waals surface area contributed by atoms with Crippen molar-refractivity contribution in [1.82, 2.24) is 9.62 Å². The minimum absolute atomic E-state index is 0.00708. The van der Waals surface area contributed by atoms with Crippen molar-refractivity contribution in [2.75, 3.05) is 13.1 Å². The van der Waals surface area contributed by atoms with E-state index in [2.05, 4.69) is 5.32 Å². The molecule has 1 aromatic rings. The smallest absolute Gasteiger partial charge is 0.223 e. The van der Waals surface area contributed by atoms with Crippen LogP contribution in [0.4, 0.5) is 4.39 Å². The Morgan fingerprint density at radius 3 is 2.40 bits per heavy atom.